The van der Waals surface area contributed by atoms with Crippen LogP contribution in [-0.2, 0) is 12.8 Å². The number of pyridine rings is 1. The van der Waals surface area contributed by atoms with Gasteiger partial charge in [-0.05, 0) is 124 Å². The summed E-state index contributed by atoms with van der Waals surface area (Å²) in [6.45, 7) is 10.3. The van der Waals surface area contributed by atoms with Gasteiger partial charge in [0, 0.05) is 63.5 Å². The van der Waals surface area contributed by atoms with Gasteiger partial charge in [-0.1, -0.05) is 141 Å². The summed E-state index contributed by atoms with van der Waals surface area (Å²) in [5.41, 5.74) is 17.5. The van der Waals surface area contributed by atoms with E-state index in [2.05, 4.69) is 205 Å². The Morgan fingerprint density at radius 2 is 1.08 bits per heavy atom. The zero-order valence-corrected chi connectivity index (χ0v) is 35.2. The van der Waals surface area contributed by atoms with E-state index in [1.165, 1.54) is 45.0 Å². The van der Waals surface area contributed by atoms with E-state index in [-0.39, 0.29) is 0 Å². The molecule has 0 fully saturated rings. The molecule has 4 nitrogen and oxygen atoms in total. The maximum absolute atomic E-state index is 5.42. The van der Waals surface area contributed by atoms with E-state index in [0.717, 1.165) is 79.2 Å². The first-order chi connectivity index (χ1) is 31.1. The van der Waals surface area contributed by atoms with Crippen LogP contribution in [-0.4, -0.2) is 10.7 Å². The molecule has 9 aromatic rings. The first-order valence-electron chi connectivity index (χ1n) is 21.6. The fraction of sp³-hybridized carbons (Fsp3) is 0.0508. The number of nitrogens with zero attached hydrogens (tertiary/aromatic N) is 4. The smallest absolute Gasteiger partial charge is 0.0722 e. The summed E-state index contributed by atoms with van der Waals surface area (Å²) >= 11 is 0. The Morgan fingerprint density at radius 1 is 0.556 bits per heavy atom. The average molecular weight is 809 g/mol. The van der Waals surface area contributed by atoms with Gasteiger partial charge in [-0.3, -0.25) is 0 Å². The van der Waals surface area contributed by atoms with Crippen molar-refractivity contribution in [1.29, 1.82) is 0 Å². The van der Waals surface area contributed by atoms with Crippen molar-refractivity contribution in [3.05, 3.63) is 247 Å². The lowest BCUT2D eigenvalue weighted by atomic mass is 9.86. The second-order valence-corrected chi connectivity index (χ2v) is 16.2. The van der Waals surface area contributed by atoms with Crippen LogP contribution in [0.2, 0.25) is 0 Å². The number of fused-ring (bicyclic) bond motifs is 7. The third kappa shape index (κ3) is 6.55. The third-order valence-corrected chi connectivity index (χ3v) is 12.4. The number of aromatic nitrogens is 1. The van der Waals surface area contributed by atoms with Crippen LogP contribution in [0.4, 0.5) is 34.1 Å². The molecule has 3 heterocycles. The summed E-state index contributed by atoms with van der Waals surface area (Å²) in [4.78, 5) is 15.5. The number of hydrogen-bond donors (Lipinski definition) is 0. The van der Waals surface area contributed by atoms with Crippen molar-refractivity contribution < 1.29 is 0 Å². The predicted molar refractivity (Wildman–Crippen MR) is 267 cm³/mol. The normalized spacial score (nSPS) is 13.4. The minimum Gasteiger partial charge on any atom is -0.310 e. The Balaban J connectivity index is 1.26. The van der Waals surface area contributed by atoms with Crippen LogP contribution >= 0.6 is 0 Å². The molecule has 0 saturated heterocycles. The van der Waals surface area contributed by atoms with Gasteiger partial charge >= 0.3 is 0 Å². The molecule has 0 amide bonds. The molecular formula is C59H44N4. The molecule has 63 heavy (non-hydrogen) atoms. The number of hydrogen-bond acceptors (Lipinski definition) is 4. The highest BCUT2D eigenvalue weighted by molar-refractivity contribution is 6.29. The van der Waals surface area contributed by atoms with Crippen LogP contribution < -0.4 is 9.80 Å². The molecule has 300 valence electrons. The summed E-state index contributed by atoms with van der Waals surface area (Å²) < 4.78 is 0. The molecule has 4 heteroatoms. The van der Waals surface area contributed by atoms with Gasteiger partial charge in [0.15, 0.2) is 0 Å². The number of anilines is 6. The molecule has 0 saturated carbocycles. The quantitative estimate of drug-likeness (QED) is 0.0870. The molecule has 8 aromatic carbocycles. The number of benzene rings is 8. The SMILES string of the molecule is C=C/C=C\C(=C)N=C(/C=C/C)c1c2cc(N3c4ccccc4Cc4ccccc43)ccc2c(-c2ccc3ccccc3n2)c2cc(N3c4ccccc4Cc4ccccc43)ccc12. The fourth-order valence-corrected chi connectivity index (χ4v) is 9.69. The highest BCUT2D eigenvalue weighted by Crippen LogP contribution is 2.49. The van der Waals surface area contributed by atoms with E-state index in [0.29, 0.717) is 5.70 Å². The molecule has 0 unspecified atom stereocenters. The van der Waals surface area contributed by atoms with Gasteiger partial charge in [-0.25, -0.2) is 9.98 Å². The van der Waals surface area contributed by atoms with Crippen molar-refractivity contribution >= 4 is 72.3 Å². The Hall–Kier alpha value is -8.08. The molecule has 0 aliphatic carbocycles. The predicted octanol–water partition coefficient (Wildman–Crippen LogP) is 15.6. The van der Waals surface area contributed by atoms with Crippen molar-refractivity contribution in [2.24, 2.45) is 4.99 Å². The Kier molecular flexibility index (Phi) is 9.47. The second kappa shape index (κ2) is 15.7. The molecule has 11 rings (SSSR count). The van der Waals surface area contributed by atoms with Crippen molar-refractivity contribution in [1.82, 2.24) is 4.98 Å². The van der Waals surface area contributed by atoms with E-state index in [1.807, 2.05) is 19.1 Å². The molecule has 0 N–H and O–H groups in total. The molecule has 0 radical (unpaired) electrons. The van der Waals surface area contributed by atoms with E-state index in [4.69, 9.17) is 9.98 Å². The number of allylic oxidation sites excluding steroid dienone is 5. The standard InChI is InChI=1S/C59H44N4/c1-4-6-18-39(3)60-52(17-5-2)58-47-32-30-46(63-56-27-15-10-22-43(56)36-44-23-11-16-28-57(44)63)38-50(47)59(53-34-29-40-19-7-12-24-51(40)61-53)48-33-31-45(37-49(48)58)62-54-25-13-8-20-41(54)35-42-21-9-14-26-55(42)62/h4-34,37-38H,1,3,35-36H2,2H3/b17-5+,18-6-,60-52?. The van der Waals surface area contributed by atoms with E-state index >= 15 is 0 Å². The largest absolute Gasteiger partial charge is 0.310 e. The van der Waals surface area contributed by atoms with Crippen LogP contribution in [0.1, 0.15) is 34.7 Å². The van der Waals surface area contributed by atoms with Crippen LogP contribution in [0.15, 0.2) is 224 Å². The Labute approximate surface area is 368 Å². The van der Waals surface area contributed by atoms with Crippen molar-refractivity contribution in [2.75, 3.05) is 9.80 Å². The Bertz CT molecular complexity index is 3330. The highest BCUT2D eigenvalue weighted by Gasteiger charge is 2.28. The monoisotopic (exact) mass is 808 g/mol. The van der Waals surface area contributed by atoms with Crippen LogP contribution in [0.3, 0.4) is 0 Å². The zero-order chi connectivity index (χ0) is 42.4. The summed E-state index contributed by atoms with van der Waals surface area (Å²) in [7, 11) is 0. The van der Waals surface area contributed by atoms with Gasteiger partial charge in [0.25, 0.3) is 0 Å². The molecule has 2 aliphatic heterocycles. The lowest BCUT2D eigenvalue weighted by Gasteiger charge is -2.34. The van der Waals surface area contributed by atoms with Gasteiger partial charge in [0.1, 0.15) is 0 Å². The summed E-state index contributed by atoms with van der Waals surface area (Å²) in [6, 6.07) is 61.7. The van der Waals surface area contributed by atoms with Gasteiger partial charge in [0.2, 0.25) is 0 Å². The first-order valence-corrected chi connectivity index (χ1v) is 21.6. The van der Waals surface area contributed by atoms with Crippen molar-refractivity contribution in [3.8, 4) is 11.3 Å². The fourth-order valence-electron chi connectivity index (χ4n) is 9.69. The van der Waals surface area contributed by atoms with Gasteiger partial charge in [-0.15, -0.1) is 0 Å². The number of aliphatic imine (C=N–C) groups is 1. The minimum absolute atomic E-state index is 0.637. The minimum atomic E-state index is 0.637. The highest BCUT2D eigenvalue weighted by atomic mass is 15.2. The zero-order valence-electron chi connectivity index (χ0n) is 35.2. The third-order valence-electron chi connectivity index (χ3n) is 12.4. The molecule has 0 atom stereocenters. The molecule has 1 aromatic heterocycles. The molecule has 2 aliphatic rings. The summed E-state index contributed by atoms with van der Waals surface area (Å²) in [5, 5.41) is 5.42. The Morgan fingerprint density at radius 3 is 1.65 bits per heavy atom. The topological polar surface area (TPSA) is 31.7 Å². The second-order valence-electron chi connectivity index (χ2n) is 16.2. The molecule has 0 spiro atoms. The molecular weight excluding hydrogens is 765 g/mol. The summed E-state index contributed by atoms with van der Waals surface area (Å²) in [5.74, 6) is 0. The van der Waals surface area contributed by atoms with Gasteiger partial charge in [-0.2, -0.15) is 0 Å². The van der Waals surface area contributed by atoms with Crippen LogP contribution in [0.25, 0.3) is 43.7 Å². The molecule has 0 bridgehead atoms. The van der Waals surface area contributed by atoms with E-state index < -0.39 is 0 Å². The van der Waals surface area contributed by atoms with Crippen molar-refractivity contribution in [2.45, 2.75) is 19.8 Å². The number of rotatable bonds is 8. The van der Waals surface area contributed by atoms with Crippen LogP contribution in [0.5, 0.6) is 0 Å². The summed E-state index contributed by atoms with van der Waals surface area (Å²) in [6.07, 6.45) is 11.5. The van der Waals surface area contributed by atoms with Gasteiger partial charge < -0.3 is 9.80 Å². The first kappa shape index (κ1) is 37.9. The van der Waals surface area contributed by atoms with Crippen molar-refractivity contribution in [3.63, 3.8) is 0 Å². The lowest BCUT2D eigenvalue weighted by molar-refractivity contribution is 1.09. The lowest BCUT2D eigenvalue weighted by Crippen LogP contribution is -2.18. The van der Waals surface area contributed by atoms with Crippen LogP contribution in [0, 0.1) is 0 Å². The maximum atomic E-state index is 5.42. The maximum Gasteiger partial charge on any atom is 0.0722 e. The average Bonchev–Trinajstić information content (AvgIpc) is 3.33. The van der Waals surface area contributed by atoms with E-state index in [1.54, 1.807) is 6.08 Å². The number of para-hydroxylation sites is 5. The van der Waals surface area contributed by atoms with E-state index in [9.17, 15) is 0 Å². The van der Waals surface area contributed by atoms with Gasteiger partial charge in [0.05, 0.1) is 22.6 Å².